The van der Waals surface area contributed by atoms with Crippen LogP contribution in [0.25, 0.3) is 0 Å². The van der Waals surface area contributed by atoms with E-state index in [1.54, 1.807) is 31.4 Å². The van der Waals surface area contributed by atoms with Crippen LogP contribution in [0.2, 0.25) is 0 Å². The minimum absolute atomic E-state index is 0.0998. The fraction of sp³-hybridized carbons (Fsp3) is 0.278. The van der Waals surface area contributed by atoms with Crippen LogP contribution in [-0.4, -0.2) is 31.0 Å². The largest absolute Gasteiger partial charge is 0.497 e. The number of rotatable bonds is 9. The van der Waals surface area contributed by atoms with Crippen molar-refractivity contribution in [2.45, 2.75) is 12.8 Å². The quantitative estimate of drug-likeness (QED) is 0.404. The van der Waals surface area contributed by atoms with E-state index in [2.05, 4.69) is 5.32 Å². The summed E-state index contributed by atoms with van der Waals surface area (Å²) in [5.74, 6) is 0.946. The van der Waals surface area contributed by atoms with Crippen molar-refractivity contribution in [2.75, 3.05) is 20.2 Å². The number of nitrogens with one attached hydrogen (secondary N) is 1. The molecule has 138 valence electrons. The third kappa shape index (κ3) is 5.18. The molecule has 26 heavy (non-hydrogen) atoms. The first kappa shape index (κ1) is 19.2. The van der Waals surface area contributed by atoms with E-state index in [-0.39, 0.29) is 17.0 Å². The standard InChI is InChI=1S/C18H21N3O5/c1-25-14-5-7-15(8-6-14)26-17-9-4-13(21(23)24)12-16(17)18(22)20-11-3-2-10-19/h4-9,12H,2-3,10-11,19H2,1H3,(H,20,22). The summed E-state index contributed by atoms with van der Waals surface area (Å²) in [7, 11) is 1.55. The molecule has 3 N–H and O–H groups in total. The average Bonchev–Trinajstić information content (AvgIpc) is 2.65. The Balaban J connectivity index is 2.22. The number of hydrogen-bond acceptors (Lipinski definition) is 6. The van der Waals surface area contributed by atoms with Crippen molar-refractivity contribution in [2.24, 2.45) is 5.73 Å². The summed E-state index contributed by atoms with van der Waals surface area (Å²) in [6.07, 6.45) is 1.51. The number of benzene rings is 2. The number of amides is 1. The molecule has 1 amide bonds. The number of nitro benzene ring substituents is 1. The zero-order chi connectivity index (χ0) is 18.9. The number of nitro groups is 1. The van der Waals surface area contributed by atoms with Crippen molar-refractivity contribution in [1.29, 1.82) is 0 Å². The summed E-state index contributed by atoms with van der Waals surface area (Å²) in [5, 5.41) is 13.7. The SMILES string of the molecule is COc1ccc(Oc2ccc([N+](=O)[O-])cc2C(=O)NCCCCN)cc1. The number of unbranched alkanes of at least 4 members (excludes halogenated alkanes) is 1. The number of ether oxygens (including phenoxy) is 2. The maximum atomic E-state index is 12.4. The number of non-ortho nitro benzene ring substituents is 1. The van der Waals surface area contributed by atoms with Crippen molar-refractivity contribution in [1.82, 2.24) is 5.32 Å². The van der Waals surface area contributed by atoms with Crippen LogP contribution in [0.5, 0.6) is 17.2 Å². The molecule has 0 radical (unpaired) electrons. The van der Waals surface area contributed by atoms with Gasteiger partial charge < -0.3 is 20.5 Å². The highest BCUT2D eigenvalue weighted by Crippen LogP contribution is 2.29. The zero-order valence-electron chi connectivity index (χ0n) is 14.4. The molecule has 2 rings (SSSR count). The second-order valence-corrected chi connectivity index (χ2v) is 5.47. The smallest absolute Gasteiger partial charge is 0.270 e. The molecule has 0 aliphatic carbocycles. The molecule has 0 bridgehead atoms. The molecule has 2 aromatic rings. The number of methoxy groups -OCH3 is 1. The number of carbonyl (C=O) groups excluding carboxylic acids is 1. The van der Waals surface area contributed by atoms with Gasteiger partial charge in [0.25, 0.3) is 11.6 Å². The van der Waals surface area contributed by atoms with Crippen molar-refractivity contribution in [3.8, 4) is 17.2 Å². The Kier molecular flexibility index (Phi) is 6.92. The third-order valence-corrected chi connectivity index (χ3v) is 3.62. The van der Waals surface area contributed by atoms with Gasteiger partial charge in [-0.05, 0) is 49.7 Å². The normalized spacial score (nSPS) is 10.2. The van der Waals surface area contributed by atoms with E-state index in [1.807, 2.05) is 0 Å². The fourth-order valence-electron chi connectivity index (χ4n) is 2.24. The van der Waals surface area contributed by atoms with Gasteiger partial charge in [-0.2, -0.15) is 0 Å². The van der Waals surface area contributed by atoms with E-state index in [0.717, 1.165) is 12.8 Å². The molecule has 8 heteroatoms. The zero-order valence-corrected chi connectivity index (χ0v) is 14.4. The molecule has 0 atom stereocenters. The number of nitrogens with zero attached hydrogens (tertiary/aromatic N) is 1. The van der Waals surface area contributed by atoms with Crippen LogP contribution in [0, 0.1) is 10.1 Å². The van der Waals surface area contributed by atoms with Crippen molar-refractivity contribution < 1.29 is 19.2 Å². The Labute approximate surface area is 151 Å². The minimum atomic E-state index is -0.553. The van der Waals surface area contributed by atoms with Crippen molar-refractivity contribution >= 4 is 11.6 Å². The van der Waals surface area contributed by atoms with Crippen LogP contribution in [0.3, 0.4) is 0 Å². The van der Waals surface area contributed by atoms with E-state index >= 15 is 0 Å². The third-order valence-electron chi connectivity index (χ3n) is 3.62. The second-order valence-electron chi connectivity index (χ2n) is 5.47. The van der Waals surface area contributed by atoms with E-state index in [0.29, 0.717) is 24.6 Å². The fourth-order valence-corrected chi connectivity index (χ4v) is 2.24. The molecule has 8 nitrogen and oxygen atoms in total. The first-order chi connectivity index (χ1) is 12.5. The molecule has 0 saturated heterocycles. The number of nitrogens with two attached hydrogens (primary N) is 1. The van der Waals surface area contributed by atoms with Gasteiger partial charge in [-0.15, -0.1) is 0 Å². The lowest BCUT2D eigenvalue weighted by atomic mass is 10.1. The molecule has 0 aliphatic heterocycles. The maximum Gasteiger partial charge on any atom is 0.270 e. The molecule has 0 aliphatic rings. The Morgan fingerprint density at radius 3 is 2.46 bits per heavy atom. The van der Waals surface area contributed by atoms with Crippen LogP contribution in [0.4, 0.5) is 5.69 Å². The van der Waals surface area contributed by atoms with Crippen LogP contribution in [-0.2, 0) is 0 Å². The Bertz CT molecular complexity index is 762. The minimum Gasteiger partial charge on any atom is -0.497 e. The first-order valence-electron chi connectivity index (χ1n) is 8.13. The monoisotopic (exact) mass is 359 g/mol. The summed E-state index contributed by atoms with van der Waals surface area (Å²) in [6, 6.07) is 10.7. The number of hydrogen-bond donors (Lipinski definition) is 2. The van der Waals surface area contributed by atoms with Gasteiger partial charge in [0.2, 0.25) is 0 Å². The highest BCUT2D eigenvalue weighted by atomic mass is 16.6. The molecular formula is C18H21N3O5. The lowest BCUT2D eigenvalue weighted by molar-refractivity contribution is -0.384. The van der Waals surface area contributed by atoms with Gasteiger partial charge in [0, 0.05) is 18.7 Å². The van der Waals surface area contributed by atoms with Gasteiger partial charge in [0.1, 0.15) is 17.2 Å². The van der Waals surface area contributed by atoms with Gasteiger partial charge in [-0.1, -0.05) is 0 Å². The van der Waals surface area contributed by atoms with Crippen LogP contribution in [0.15, 0.2) is 42.5 Å². The highest BCUT2D eigenvalue weighted by Gasteiger charge is 2.18. The Morgan fingerprint density at radius 1 is 1.15 bits per heavy atom. The molecule has 2 aromatic carbocycles. The predicted octanol–water partition coefficient (Wildman–Crippen LogP) is 2.86. The maximum absolute atomic E-state index is 12.4. The summed E-state index contributed by atoms with van der Waals surface area (Å²) in [5.41, 5.74) is 5.34. The highest BCUT2D eigenvalue weighted by molar-refractivity contribution is 5.97. The molecule has 0 fully saturated rings. The lowest BCUT2D eigenvalue weighted by Gasteiger charge is -2.12. The summed E-state index contributed by atoms with van der Waals surface area (Å²) < 4.78 is 10.8. The van der Waals surface area contributed by atoms with Crippen LogP contribution >= 0.6 is 0 Å². The molecule has 0 aromatic heterocycles. The molecule has 0 unspecified atom stereocenters. The second kappa shape index (κ2) is 9.38. The summed E-state index contributed by atoms with van der Waals surface area (Å²) >= 11 is 0. The Hall–Kier alpha value is -3.13. The van der Waals surface area contributed by atoms with E-state index in [1.165, 1.54) is 18.2 Å². The van der Waals surface area contributed by atoms with Crippen LogP contribution < -0.4 is 20.5 Å². The number of carbonyl (C=O) groups is 1. The molecular weight excluding hydrogens is 338 g/mol. The molecule has 0 heterocycles. The summed E-state index contributed by atoms with van der Waals surface area (Å²) in [4.78, 5) is 22.9. The van der Waals surface area contributed by atoms with Gasteiger partial charge in [0.15, 0.2) is 0 Å². The molecule has 0 spiro atoms. The molecule has 0 saturated carbocycles. The average molecular weight is 359 g/mol. The predicted molar refractivity (Wildman–Crippen MR) is 96.8 cm³/mol. The van der Waals surface area contributed by atoms with Crippen LogP contribution in [0.1, 0.15) is 23.2 Å². The van der Waals surface area contributed by atoms with Gasteiger partial charge in [-0.3, -0.25) is 14.9 Å². The van der Waals surface area contributed by atoms with E-state index in [9.17, 15) is 14.9 Å². The Morgan fingerprint density at radius 2 is 1.85 bits per heavy atom. The lowest BCUT2D eigenvalue weighted by Crippen LogP contribution is -2.25. The van der Waals surface area contributed by atoms with E-state index in [4.69, 9.17) is 15.2 Å². The van der Waals surface area contributed by atoms with Gasteiger partial charge >= 0.3 is 0 Å². The van der Waals surface area contributed by atoms with Crippen molar-refractivity contribution in [3.63, 3.8) is 0 Å². The van der Waals surface area contributed by atoms with Gasteiger partial charge in [0.05, 0.1) is 17.6 Å². The van der Waals surface area contributed by atoms with E-state index < -0.39 is 10.8 Å². The first-order valence-corrected chi connectivity index (χ1v) is 8.13. The van der Waals surface area contributed by atoms with Crippen molar-refractivity contribution in [3.05, 3.63) is 58.1 Å². The van der Waals surface area contributed by atoms with Gasteiger partial charge in [-0.25, -0.2) is 0 Å². The summed E-state index contributed by atoms with van der Waals surface area (Å²) in [6.45, 7) is 0.971. The topological polar surface area (TPSA) is 117 Å².